The summed E-state index contributed by atoms with van der Waals surface area (Å²) in [6.45, 7) is 6.36. The molecule has 2 amide bonds. The van der Waals surface area contributed by atoms with Crippen LogP contribution in [0.25, 0.3) is 11.1 Å². The van der Waals surface area contributed by atoms with Gasteiger partial charge in [-0.05, 0) is 57.2 Å². The number of methoxy groups -OCH3 is 1. The van der Waals surface area contributed by atoms with Crippen LogP contribution in [-0.2, 0) is 11.3 Å². The third-order valence-electron chi connectivity index (χ3n) is 9.00. The largest absolute Gasteiger partial charge is 0.467 e. The predicted octanol–water partition coefficient (Wildman–Crippen LogP) is 5.28. The van der Waals surface area contributed by atoms with E-state index in [1.54, 1.807) is 24.8 Å². The van der Waals surface area contributed by atoms with Crippen molar-refractivity contribution in [2.75, 3.05) is 42.4 Å². The van der Waals surface area contributed by atoms with Gasteiger partial charge in [-0.3, -0.25) is 4.90 Å². The lowest BCUT2D eigenvalue weighted by Gasteiger charge is -2.46. The molecule has 1 aliphatic carbocycles. The Morgan fingerprint density at radius 1 is 0.979 bits per heavy atom. The highest BCUT2D eigenvalue weighted by molar-refractivity contribution is 5.92. The highest BCUT2D eigenvalue weighted by atomic mass is 16.5. The quantitative estimate of drug-likeness (QED) is 0.218. The molecule has 0 radical (unpaired) electrons. The number of rotatable bonds is 11. The van der Waals surface area contributed by atoms with Gasteiger partial charge >= 0.3 is 12.0 Å². The van der Waals surface area contributed by atoms with Crippen molar-refractivity contribution >= 4 is 23.6 Å². The Hall–Kier alpha value is -5.35. The van der Waals surface area contributed by atoms with Crippen molar-refractivity contribution in [3.8, 4) is 23.2 Å². The predicted molar refractivity (Wildman–Crippen MR) is 181 cm³/mol. The molecule has 2 N–H and O–H groups in total. The number of carbonyl (C=O) groups excluding carboxylic acids is 1. The second kappa shape index (κ2) is 14.6. The van der Waals surface area contributed by atoms with E-state index in [4.69, 9.17) is 14.5 Å². The molecule has 48 heavy (non-hydrogen) atoms. The maximum atomic E-state index is 14.5. The van der Waals surface area contributed by atoms with Gasteiger partial charge in [0.25, 0.3) is 0 Å². The number of benzene rings is 1. The molecule has 1 aromatic carbocycles. The van der Waals surface area contributed by atoms with E-state index < -0.39 is 5.54 Å². The summed E-state index contributed by atoms with van der Waals surface area (Å²) in [6.07, 6.45) is 9.73. The van der Waals surface area contributed by atoms with Crippen molar-refractivity contribution in [1.82, 2.24) is 29.8 Å². The van der Waals surface area contributed by atoms with Crippen LogP contribution in [0.2, 0.25) is 0 Å². The molecule has 2 aliphatic rings. The summed E-state index contributed by atoms with van der Waals surface area (Å²) in [5.41, 5.74) is 2.60. The number of hydrogen-bond acceptors (Lipinski definition) is 11. The van der Waals surface area contributed by atoms with Crippen LogP contribution < -0.4 is 20.3 Å². The molecule has 4 heterocycles. The zero-order valence-electron chi connectivity index (χ0n) is 27.5. The Kier molecular flexibility index (Phi) is 9.91. The molecule has 1 saturated heterocycles. The van der Waals surface area contributed by atoms with Crippen LogP contribution in [0.5, 0.6) is 6.01 Å². The number of nitrogens with zero attached hydrogens (tertiary/aromatic N) is 8. The maximum Gasteiger partial charge on any atom is 0.326 e. The minimum absolute atomic E-state index is 0.0885. The molecule has 0 bridgehead atoms. The summed E-state index contributed by atoms with van der Waals surface area (Å²) in [4.78, 5) is 40.5. The summed E-state index contributed by atoms with van der Waals surface area (Å²) < 4.78 is 10.4. The smallest absolute Gasteiger partial charge is 0.326 e. The summed E-state index contributed by atoms with van der Waals surface area (Å²) in [6, 6.07) is 16.5. The molecule has 2 fully saturated rings. The normalized spacial score (nSPS) is 19.0. The van der Waals surface area contributed by atoms with E-state index in [0.29, 0.717) is 55.5 Å². The standard InChI is InChI=1S/C35H40N10O3/c1-4-44(21-24-8-6-5-7-9-24)34(46)45(30-11-10-25(17-37-30)27-19-39-33(47-3)40-20-27)35(2)14-12-28(13-15-35)42-32-38-18-26(16-36)31(43-32)41-29-22-48-23-29/h5-11,17-20,28-29H,4,12-15,21-23H2,1-3H3,(H2,38,41,42,43). The summed E-state index contributed by atoms with van der Waals surface area (Å²) >= 11 is 0. The fourth-order valence-electron chi connectivity index (χ4n) is 6.07. The lowest BCUT2D eigenvalue weighted by atomic mass is 9.79. The van der Waals surface area contributed by atoms with Gasteiger partial charge in [0.15, 0.2) is 0 Å². The third-order valence-corrected chi connectivity index (χ3v) is 9.00. The van der Waals surface area contributed by atoms with Crippen LogP contribution in [0, 0.1) is 11.3 Å². The number of amides is 2. The van der Waals surface area contributed by atoms with Crippen LogP contribution in [0.4, 0.5) is 22.4 Å². The van der Waals surface area contributed by atoms with Gasteiger partial charge in [-0.1, -0.05) is 30.3 Å². The molecule has 1 aliphatic heterocycles. The first-order chi connectivity index (χ1) is 23.4. The number of nitrogens with one attached hydrogen (secondary N) is 2. The minimum atomic E-state index is -0.500. The average molecular weight is 649 g/mol. The van der Waals surface area contributed by atoms with Gasteiger partial charge in [-0.25, -0.2) is 24.7 Å². The Balaban J connectivity index is 1.22. The molecule has 0 unspecified atom stereocenters. The van der Waals surface area contributed by atoms with Crippen LogP contribution >= 0.6 is 0 Å². The number of nitriles is 1. The third kappa shape index (κ3) is 7.29. The molecule has 1 saturated carbocycles. The Labute approximate surface area is 280 Å². The van der Waals surface area contributed by atoms with Gasteiger partial charge in [-0.15, -0.1) is 0 Å². The lowest BCUT2D eigenvalue weighted by molar-refractivity contribution is 0.0209. The van der Waals surface area contributed by atoms with E-state index in [1.807, 2.05) is 59.2 Å². The average Bonchev–Trinajstić information content (AvgIpc) is 3.11. The first kappa shape index (κ1) is 32.6. The second-order valence-electron chi connectivity index (χ2n) is 12.3. The summed E-state index contributed by atoms with van der Waals surface area (Å²) in [5.74, 6) is 1.57. The van der Waals surface area contributed by atoms with Gasteiger partial charge in [0.1, 0.15) is 23.3 Å². The summed E-state index contributed by atoms with van der Waals surface area (Å²) in [7, 11) is 1.53. The Bertz CT molecular complexity index is 1720. The Morgan fingerprint density at radius 3 is 2.31 bits per heavy atom. The SMILES string of the molecule is CCN(Cc1ccccc1)C(=O)N(c1ccc(-c2cnc(OC)nc2)cn1)C1(C)CCC(Nc2ncc(C#N)c(NC3COC3)n2)CC1. The molecule has 0 spiro atoms. The molecule has 0 atom stereocenters. The number of ether oxygens (including phenoxy) is 2. The topological polar surface area (TPSA) is 154 Å². The monoisotopic (exact) mass is 648 g/mol. The number of pyridine rings is 1. The van der Waals surface area contributed by atoms with Crippen molar-refractivity contribution in [2.45, 2.75) is 63.7 Å². The van der Waals surface area contributed by atoms with Crippen LogP contribution in [-0.4, -0.2) is 80.3 Å². The molecule has 13 heteroatoms. The van der Waals surface area contributed by atoms with Crippen molar-refractivity contribution in [3.05, 3.63) is 78.4 Å². The van der Waals surface area contributed by atoms with Crippen LogP contribution in [0.15, 0.2) is 67.3 Å². The number of carbonyl (C=O) groups is 1. The van der Waals surface area contributed by atoms with Crippen LogP contribution in [0.3, 0.4) is 0 Å². The van der Waals surface area contributed by atoms with E-state index in [2.05, 4.69) is 43.6 Å². The van der Waals surface area contributed by atoms with Crippen molar-refractivity contribution in [1.29, 1.82) is 5.26 Å². The number of aromatic nitrogens is 5. The van der Waals surface area contributed by atoms with E-state index in [9.17, 15) is 10.1 Å². The number of urea groups is 1. The van der Waals surface area contributed by atoms with Crippen molar-refractivity contribution in [2.24, 2.45) is 0 Å². The van der Waals surface area contributed by atoms with E-state index in [0.717, 1.165) is 42.4 Å². The summed E-state index contributed by atoms with van der Waals surface area (Å²) in [5, 5.41) is 16.3. The number of anilines is 3. The van der Waals surface area contributed by atoms with Gasteiger partial charge in [0.05, 0.1) is 32.6 Å². The highest BCUT2D eigenvalue weighted by Crippen LogP contribution is 2.38. The molecule has 4 aromatic rings. The Morgan fingerprint density at radius 2 is 1.71 bits per heavy atom. The fraction of sp³-hybridized carbons (Fsp3) is 0.400. The molecule has 248 valence electrons. The molecular formula is C35H40N10O3. The van der Waals surface area contributed by atoms with E-state index in [1.165, 1.54) is 7.11 Å². The first-order valence-electron chi connectivity index (χ1n) is 16.2. The van der Waals surface area contributed by atoms with Crippen LogP contribution in [0.1, 0.15) is 50.7 Å². The van der Waals surface area contributed by atoms with Gasteiger partial charge < -0.3 is 25.0 Å². The molecule has 3 aromatic heterocycles. The zero-order valence-corrected chi connectivity index (χ0v) is 27.5. The van der Waals surface area contributed by atoms with Gasteiger partial charge in [0.2, 0.25) is 5.95 Å². The highest BCUT2D eigenvalue weighted by Gasteiger charge is 2.42. The molecule has 6 rings (SSSR count). The molecule has 13 nitrogen and oxygen atoms in total. The van der Waals surface area contributed by atoms with Gasteiger partial charge in [-0.2, -0.15) is 10.2 Å². The van der Waals surface area contributed by atoms with E-state index >= 15 is 0 Å². The first-order valence-corrected chi connectivity index (χ1v) is 16.2. The van der Waals surface area contributed by atoms with Gasteiger partial charge in [0, 0.05) is 54.4 Å². The molecular weight excluding hydrogens is 608 g/mol. The minimum Gasteiger partial charge on any atom is -0.467 e. The van der Waals surface area contributed by atoms with Crippen molar-refractivity contribution < 1.29 is 14.3 Å². The van der Waals surface area contributed by atoms with Crippen molar-refractivity contribution in [3.63, 3.8) is 0 Å². The van der Waals surface area contributed by atoms with E-state index in [-0.39, 0.29) is 18.1 Å². The zero-order chi connectivity index (χ0) is 33.5. The lowest BCUT2D eigenvalue weighted by Crippen LogP contribution is -2.57. The second-order valence-corrected chi connectivity index (χ2v) is 12.3. The number of hydrogen-bond donors (Lipinski definition) is 2. The maximum absolute atomic E-state index is 14.5. The fourth-order valence-corrected chi connectivity index (χ4v) is 6.07.